The van der Waals surface area contributed by atoms with Crippen LogP contribution in [0.5, 0.6) is 0 Å². The summed E-state index contributed by atoms with van der Waals surface area (Å²) in [5.74, 6) is 2.64. The van der Waals surface area contributed by atoms with Crippen molar-refractivity contribution in [3.05, 3.63) is 34.9 Å². The van der Waals surface area contributed by atoms with Gasteiger partial charge in [-0.2, -0.15) is 0 Å². The highest BCUT2D eigenvalue weighted by atomic mass is 14.7. The lowest BCUT2D eigenvalue weighted by Gasteiger charge is -2.70. The van der Waals surface area contributed by atoms with Gasteiger partial charge in [-0.05, 0) is 114 Å². The van der Waals surface area contributed by atoms with E-state index < -0.39 is 0 Å². The number of aryl methyl sites for hydroxylation is 1. The van der Waals surface area contributed by atoms with Gasteiger partial charge in [0.25, 0.3) is 0 Å². The topological polar surface area (TPSA) is 0 Å². The molecule has 0 heteroatoms. The SMILES string of the molecule is Cc1cccc2c1CC[C@]1(C)[C@@H]2CC[C@@H]2[C@@]3(C)CCCC(C)(C)[C@@H]3CC[C@]21C. The molecule has 0 bridgehead atoms. The Balaban J connectivity index is 1.58. The van der Waals surface area contributed by atoms with Crippen LogP contribution in [0.3, 0.4) is 0 Å². The lowest BCUT2D eigenvalue weighted by atomic mass is 9.34. The molecule has 3 fully saturated rings. The van der Waals surface area contributed by atoms with E-state index in [1.165, 1.54) is 63.4 Å². The molecule has 0 unspecified atom stereocenters. The molecule has 6 atom stereocenters. The highest BCUT2D eigenvalue weighted by molar-refractivity contribution is 5.42. The highest BCUT2D eigenvalue weighted by Gasteiger charge is 2.66. The monoisotopic (exact) mass is 378 g/mol. The van der Waals surface area contributed by atoms with Crippen molar-refractivity contribution in [2.24, 2.45) is 33.5 Å². The van der Waals surface area contributed by atoms with Gasteiger partial charge in [0.05, 0.1) is 0 Å². The molecule has 3 saturated carbocycles. The van der Waals surface area contributed by atoms with Gasteiger partial charge in [-0.15, -0.1) is 0 Å². The molecule has 0 amide bonds. The fourth-order valence-electron chi connectivity index (χ4n) is 9.77. The molecular weight excluding hydrogens is 336 g/mol. The van der Waals surface area contributed by atoms with Gasteiger partial charge in [0, 0.05) is 0 Å². The van der Waals surface area contributed by atoms with Gasteiger partial charge in [0.15, 0.2) is 0 Å². The van der Waals surface area contributed by atoms with Gasteiger partial charge < -0.3 is 0 Å². The van der Waals surface area contributed by atoms with Crippen LogP contribution in [0, 0.1) is 40.4 Å². The van der Waals surface area contributed by atoms with E-state index in [1.54, 1.807) is 11.1 Å². The Hall–Kier alpha value is -0.780. The number of benzene rings is 1. The molecule has 0 spiro atoms. The molecule has 0 radical (unpaired) electrons. The predicted octanol–water partition coefficient (Wildman–Crippen LogP) is 8.07. The molecule has 0 N–H and O–H groups in total. The summed E-state index contributed by atoms with van der Waals surface area (Å²) in [6, 6.07) is 7.16. The predicted molar refractivity (Wildman–Crippen MR) is 120 cm³/mol. The summed E-state index contributed by atoms with van der Waals surface area (Å²) in [6.07, 6.45) is 12.9. The summed E-state index contributed by atoms with van der Waals surface area (Å²) in [4.78, 5) is 0. The molecule has 154 valence electrons. The molecule has 0 aliphatic heterocycles. The molecule has 1 aromatic rings. The minimum atomic E-state index is 0.478. The van der Waals surface area contributed by atoms with E-state index in [-0.39, 0.29) is 0 Å². The maximum Gasteiger partial charge on any atom is -0.00996 e. The summed E-state index contributed by atoms with van der Waals surface area (Å²) in [5, 5.41) is 0. The minimum absolute atomic E-state index is 0.478. The Labute approximate surface area is 173 Å². The van der Waals surface area contributed by atoms with Crippen LogP contribution in [0.4, 0.5) is 0 Å². The van der Waals surface area contributed by atoms with Crippen molar-refractivity contribution in [1.82, 2.24) is 0 Å². The molecule has 0 nitrogen and oxygen atoms in total. The Kier molecular flexibility index (Phi) is 4.04. The molecule has 0 aromatic heterocycles. The fraction of sp³-hybridized carbons (Fsp3) is 0.786. The van der Waals surface area contributed by atoms with E-state index >= 15 is 0 Å². The van der Waals surface area contributed by atoms with Crippen LogP contribution < -0.4 is 0 Å². The summed E-state index contributed by atoms with van der Waals surface area (Å²) < 4.78 is 0. The van der Waals surface area contributed by atoms with Crippen LogP contribution in [0.25, 0.3) is 0 Å². The minimum Gasteiger partial charge on any atom is -0.0617 e. The first kappa shape index (κ1) is 19.2. The first-order valence-corrected chi connectivity index (χ1v) is 12.2. The normalized spacial score (nSPS) is 46.7. The van der Waals surface area contributed by atoms with Crippen molar-refractivity contribution in [3.8, 4) is 0 Å². The van der Waals surface area contributed by atoms with Crippen LogP contribution in [0.1, 0.15) is 109 Å². The summed E-state index contributed by atoms with van der Waals surface area (Å²) in [7, 11) is 0. The zero-order valence-corrected chi connectivity index (χ0v) is 19.3. The van der Waals surface area contributed by atoms with Crippen LogP contribution in [-0.2, 0) is 6.42 Å². The van der Waals surface area contributed by atoms with Gasteiger partial charge >= 0.3 is 0 Å². The Morgan fingerprint density at radius 2 is 1.57 bits per heavy atom. The van der Waals surface area contributed by atoms with Crippen LogP contribution in [-0.4, -0.2) is 0 Å². The zero-order chi connectivity index (χ0) is 19.9. The second kappa shape index (κ2) is 5.89. The van der Waals surface area contributed by atoms with Crippen molar-refractivity contribution >= 4 is 0 Å². The first-order chi connectivity index (χ1) is 13.1. The van der Waals surface area contributed by atoms with Crippen molar-refractivity contribution in [1.29, 1.82) is 0 Å². The molecule has 4 aliphatic rings. The first-order valence-electron chi connectivity index (χ1n) is 12.2. The van der Waals surface area contributed by atoms with E-state index in [0.717, 1.165) is 17.8 Å². The smallest absolute Gasteiger partial charge is 0.00996 e. The number of fused-ring (bicyclic) bond motifs is 7. The Bertz CT molecular complexity index is 787. The molecule has 28 heavy (non-hydrogen) atoms. The molecule has 4 aliphatic carbocycles. The third-order valence-electron chi connectivity index (χ3n) is 11.3. The number of hydrogen-bond donors (Lipinski definition) is 0. The molecule has 0 saturated heterocycles. The van der Waals surface area contributed by atoms with E-state index in [1.807, 2.05) is 0 Å². The van der Waals surface area contributed by atoms with Gasteiger partial charge in [0.2, 0.25) is 0 Å². The maximum absolute atomic E-state index is 2.74. The third-order valence-corrected chi connectivity index (χ3v) is 11.3. The Morgan fingerprint density at radius 3 is 2.36 bits per heavy atom. The second-order valence-electron chi connectivity index (χ2n) is 12.6. The van der Waals surface area contributed by atoms with Crippen molar-refractivity contribution < 1.29 is 0 Å². The lowest BCUT2D eigenvalue weighted by Crippen LogP contribution is -2.62. The van der Waals surface area contributed by atoms with Crippen LogP contribution in [0.15, 0.2) is 18.2 Å². The third kappa shape index (κ3) is 2.24. The van der Waals surface area contributed by atoms with Gasteiger partial charge in [-0.3, -0.25) is 0 Å². The maximum atomic E-state index is 2.74. The second-order valence-corrected chi connectivity index (χ2v) is 12.6. The highest BCUT2D eigenvalue weighted by Crippen LogP contribution is 2.74. The quantitative estimate of drug-likeness (QED) is 0.428. The van der Waals surface area contributed by atoms with E-state index in [4.69, 9.17) is 0 Å². The summed E-state index contributed by atoms with van der Waals surface area (Å²) >= 11 is 0. The van der Waals surface area contributed by atoms with Gasteiger partial charge in [-0.25, -0.2) is 0 Å². The van der Waals surface area contributed by atoms with Gasteiger partial charge in [0.1, 0.15) is 0 Å². The molecule has 1 aromatic carbocycles. The van der Waals surface area contributed by atoms with E-state index in [2.05, 4.69) is 59.7 Å². The van der Waals surface area contributed by atoms with Crippen LogP contribution in [0.2, 0.25) is 0 Å². The summed E-state index contributed by atoms with van der Waals surface area (Å²) in [6.45, 7) is 15.7. The fourth-order valence-corrected chi connectivity index (χ4v) is 9.77. The van der Waals surface area contributed by atoms with E-state index in [0.29, 0.717) is 21.7 Å². The van der Waals surface area contributed by atoms with Crippen molar-refractivity contribution in [3.63, 3.8) is 0 Å². The lowest BCUT2D eigenvalue weighted by molar-refractivity contribution is -0.199. The number of hydrogen-bond acceptors (Lipinski definition) is 0. The average Bonchev–Trinajstić information content (AvgIpc) is 2.61. The molecule has 5 rings (SSSR count). The van der Waals surface area contributed by atoms with Crippen molar-refractivity contribution in [2.75, 3.05) is 0 Å². The molecular formula is C28H42. The van der Waals surface area contributed by atoms with Gasteiger partial charge in [-0.1, -0.05) is 59.2 Å². The van der Waals surface area contributed by atoms with Crippen molar-refractivity contribution in [2.45, 2.75) is 105 Å². The zero-order valence-electron chi connectivity index (χ0n) is 19.3. The average molecular weight is 379 g/mol. The van der Waals surface area contributed by atoms with E-state index in [9.17, 15) is 0 Å². The standard InChI is InChI=1S/C28H42/c1-19-9-7-10-21-20(19)13-17-27(5)22(21)11-12-24-26(4)16-8-15-25(2,3)23(26)14-18-28(24,27)6/h7,9-10,22-24H,8,11-18H2,1-6H3/t22-,23+,24-,26+,27-,28-/m1/s1. The largest absolute Gasteiger partial charge is 0.0617 e. The number of rotatable bonds is 0. The Morgan fingerprint density at radius 1 is 0.786 bits per heavy atom. The van der Waals surface area contributed by atoms with Crippen LogP contribution >= 0.6 is 0 Å². The summed E-state index contributed by atoms with van der Waals surface area (Å²) in [5.41, 5.74) is 7.06. The molecule has 0 heterocycles.